The van der Waals surface area contributed by atoms with Crippen molar-refractivity contribution in [2.75, 3.05) is 22.7 Å². The fourth-order valence-electron chi connectivity index (χ4n) is 2.59. The summed E-state index contributed by atoms with van der Waals surface area (Å²) in [5.41, 5.74) is 0.850. The highest BCUT2D eigenvalue weighted by molar-refractivity contribution is 7.94. The molecule has 0 aliphatic rings. The maximum absolute atomic E-state index is 12.4. The van der Waals surface area contributed by atoms with Crippen molar-refractivity contribution in [2.24, 2.45) is 0 Å². The van der Waals surface area contributed by atoms with E-state index in [2.05, 4.69) is 4.72 Å². The van der Waals surface area contributed by atoms with Gasteiger partial charge in [-0.05, 0) is 43.2 Å². The fourth-order valence-corrected chi connectivity index (χ4v) is 5.12. The number of rotatable bonds is 9. The van der Waals surface area contributed by atoms with Crippen molar-refractivity contribution in [1.82, 2.24) is 0 Å². The Morgan fingerprint density at radius 2 is 1.64 bits per heavy atom. The second kappa shape index (κ2) is 12.1. The molecule has 1 aromatic carbocycles. The van der Waals surface area contributed by atoms with Crippen LogP contribution in [0.25, 0.3) is 0 Å². The molecule has 2 rings (SSSR count). The summed E-state index contributed by atoms with van der Waals surface area (Å²) in [6.07, 6.45) is -3.32. The van der Waals surface area contributed by atoms with Crippen molar-refractivity contribution in [3.05, 3.63) is 40.2 Å². The zero-order valence-electron chi connectivity index (χ0n) is 17.5. The quantitative estimate of drug-likeness (QED) is 0.409. The highest BCUT2D eigenvalue weighted by Gasteiger charge is 2.38. The fraction of sp³-hybridized carbons (Fsp3) is 0.368. The molecule has 0 spiro atoms. The molecule has 0 bridgehead atoms. The second-order valence-corrected chi connectivity index (χ2v) is 10.1. The van der Waals surface area contributed by atoms with Gasteiger partial charge in [-0.3, -0.25) is 4.72 Å². The Morgan fingerprint density at radius 1 is 1.09 bits per heavy atom. The number of nitrogens with one attached hydrogen (secondary N) is 1. The number of anilines is 2. The van der Waals surface area contributed by atoms with Crippen LogP contribution in [0.3, 0.4) is 0 Å². The van der Waals surface area contributed by atoms with Crippen LogP contribution in [-0.4, -0.2) is 49.8 Å². The van der Waals surface area contributed by atoms with Crippen molar-refractivity contribution in [3.8, 4) is 0 Å². The number of hydrogen-bond acceptors (Lipinski definition) is 6. The molecule has 0 aliphatic heterocycles. The lowest BCUT2D eigenvalue weighted by Crippen LogP contribution is -2.27. The lowest BCUT2D eigenvalue weighted by molar-refractivity contribution is -0.192. The van der Waals surface area contributed by atoms with Crippen LogP contribution >= 0.6 is 22.9 Å². The van der Waals surface area contributed by atoms with Crippen LogP contribution in [0.2, 0.25) is 4.34 Å². The Bertz CT molecular complexity index is 1070. The zero-order valence-corrected chi connectivity index (χ0v) is 19.9. The Labute approximate surface area is 197 Å². The van der Waals surface area contributed by atoms with Gasteiger partial charge in [-0.25, -0.2) is 18.0 Å². The van der Waals surface area contributed by atoms with Crippen LogP contribution in [0.5, 0.6) is 0 Å². The van der Waals surface area contributed by atoms with Gasteiger partial charge in [-0.1, -0.05) is 25.4 Å². The third-order valence-corrected chi connectivity index (χ3v) is 6.97. The Kier molecular flexibility index (Phi) is 10.5. The summed E-state index contributed by atoms with van der Waals surface area (Å²) in [5, 5.41) is 16.7. The Balaban J connectivity index is 0.000000675. The molecule has 1 heterocycles. The van der Waals surface area contributed by atoms with E-state index in [1.807, 2.05) is 18.7 Å². The van der Waals surface area contributed by atoms with Crippen LogP contribution in [0.1, 0.15) is 37.0 Å². The first-order valence-corrected chi connectivity index (χ1v) is 12.1. The predicted octanol–water partition coefficient (Wildman–Crippen LogP) is 5.16. The molecule has 3 N–H and O–H groups in total. The lowest BCUT2D eigenvalue weighted by atomic mass is 10.1. The van der Waals surface area contributed by atoms with Crippen molar-refractivity contribution < 1.29 is 41.4 Å². The van der Waals surface area contributed by atoms with E-state index in [0.717, 1.165) is 37.3 Å². The molecule has 8 nitrogen and oxygen atoms in total. The van der Waals surface area contributed by atoms with E-state index in [1.165, 1.54) is 18.2 Å². The maximum Gasteiger partial charge on any atom is 0.490 e. The predicted molar refractivity (Wildman–Crippen MR) is 120 cm³/mol. The van der Waals surface area contributed by atoms with E-state index in [4.69, 9.17) is 21.5 Å². The van der Waals surface area contributed by atoms with E-state index in [0.29, 0.717) is 10.0 Å². The maximum atomic E-state index is 12.4. The molecule has 0 radical (unpaired) electrons. The summed E-state index contributed by atoms with van der Waals surface area (Å²) in [6, 6.07) is 7.48. The van der Waals surface area contributed by atoms with Gasteiger partial charge < -0.3 is 15.1 Å². The summed E-state index contributed by atoms with van der Waals surface area (Å²) in [4.78, 5) is 22.6. The first-order chi connectivity index (χ1) is 15.2. The monoisotopic (exact) mass is 530 g/mol. The van der Waals surface area contributed by atoms with Gasteiger partial charge in [0.1, 0.15) is 4.21 Å². The van der Waals surface area contributed by atoms with E-state index in [1.54, 1.807) is 12.1 Å². The number of carboxylic acid groups (broad SMARTS) is 2. The highest BCUT2D eigenvalue weighted by atomic mass is 35.5. The number of carbonyl (C=O) groups is 2. The van der Waals surface area contributed by atoms with Gasteiger partial charge in [-0.2, -0.15) is 13.2 Å². The minimum atomic E-state index is -5.08. The molecule has 184 valence electrons. The average Bonchev–Trinajstić information content (AvgIpc) is 3.14. The minimum Gasteiger partial charge on any atom is -0.478 e. The summed E-state index contributed by atoms with van der Waals surface area (Å²) in [6.45, 7) is 5.51. The SMILES string of the molecule is CCCN(CCC)c1ccc(NS(=O)(=O)c2ccc(Cl)s2)cc1C(=O)O.O=C(O)C(F)(F)F. The summed E-state index contributed by atoms with van der Waals surface area (Å²) >= 11 is 6.73. The normalized spacial score (nSPS) is 11.3. The molecular weight excluding hydrogens is 509 g/mol. The first-order valence-electron chi connectivity index (χ1n) is 9.43. The smallest absolute Gasteiger partial charge is 0.478 e. The summed E-state index contributed by atoms with van der Waals surface area (Å²) < 4.78 is 59.4. The Hall–Kier alpha value is -2.51. The van der Waals surface area contributed by atoms with Crippen LogP contribution in [0, 0.1) is 0 Å². The average molecular weight is 531 g/mol. The van der Waals surface area contributed by atoms with Crippen molar-refractivity contribution in [1.29, 1.82) is 0 Å². The molecule has 2 aromatic rings. The number of aliphatic carboxylic acids is 1. The lowest BCUT2D eigenvalue weighted by Gasteiger charge is -2.25. The summed E-state index contributed by atoms with van der Waals surface area (Å²) in [7, 11) is -3.81. The number of thiophene rings is 1. The number of halogens is 4. The molecule has 0 fully saturated rings. The number of alkyl halides is 3. The number of benzene rings is 1. The molecule has 0 saturated heterocycles. The minimum absolute atomic E-state index is 0.0660. The second-order valence-electron chi connectivity index (χ2n) is 6.49. The number of hydrogen-bond donors (Lipinski definition) is 3. The topological polar surface area (TPSA) is 124 Å². The van der Waals surface area contributed by atoms with Gasteiger partial charge in [0.2, 0.25) is 0 Å². The van der Waals surface area contributed by atoms with Gasteiger partial charge in [0, 0.05) is 18.8 Å². The molecule has 0 amide bonds. The van der Waals surface area contributed by atoms with Crippen LogP contribution < -0.4 is 9.62 Å². The van der Waals surface area contributed by atoms with Crippen molar-refractivity contribution in [2.45, 2.75) is 37.1 Å². The molecular formula is C19H22ClF3N2O6S2. The molecule has 0 aliphatic carbocycles. The Morgan fingerprint density at radius 3 is 2.03 bits per heavy atom. The van der Waals surface area contributed by atoms with Gasteiger partial charge in [-0.15, -0.1) is 11.3 Å². The molecule has 0 unspecified atom stereocenters. The number of sulfonamides is 1. The molecule has 1 aromatic heterocycles. The van der Waals surface area contributed by atoms with E-state index in [-0.39, 0.29) is 15.5 Å². The van der Waals surface area contributed by atoms with Gasteiger partial charge in [0.05, 0.1) is 15.6 Å². The largest absolute Gasteiger partial charge is 0.490 e. The van der Waals surface area contributed by atoms with E-state index >= 15 is 0 Å². The summed E-state index contributed by atoms with van der Waals surface area (Å²) in [5.74, 6) is -3.86. The van der Waals surface area contributed by atoms with Crippen LogP contribution in [-0.2, 0) is 14.8 Å². The molecule has 14 heteroatoms. The van der Waals surface area contributed by atoms with E-state index in [9.17, 15) is 31.5 Å². The van der Waals surface area contributed by atoms with Gasteiger partial charge >= 0.3 is 18.1 Å². The third kappa shape index (κ3) is 8.74. The zero-order chi connectivity index (χ0) is 25.4. The van der Waals surface area contributed by atoms with Gasteiger partial charge in [0.25, 0.3) is 10.0 Å². The van der Waals surface area contributed by atoms with Gasteiger partial charge in [0.15, 0.2) is 0 Å². The number of carboxylic acids is 2. The first kappa shape index (κ1) is 28.5. The number of nitrogens with zero attached hydrogens (tertiary/aromatic N) is 1. The van der Waals surface area contributed by atoms with E-state index < -0.39 is 28.1 Å². The highest BCUT2D eigenvalue weighted by Crippen LogP contribution is 2.29. The van der Waals surface area contributed by atoms with Crippen LogP contribution in [0.4, 0.5) is 24.5 Å². The van der Waals surface area contributed by atoms with Crippen LogP contribution in [0.15, 0.2) is 34.5 Å². The van der Waals surface area contributed by atoms with Crippen molar-refractivity contribution >= 4 is 56.3 Å². The molecule has 0 atom stereocenters. The number of aromatic carboxylic acids is 1. The third-order valence-electron chi connectivity index (χ3n) is 3.86. The molecule has 33 heavy (non-hydrogen) atoms. The van der Waals surface area contributed by atoms with Crippen molar-refractivity contribution in [3.63, 3.8) is 0 Å². The molecule has 0 saturated carbocycles. The standard InChI is InChI=1S/C17H21ClN2O4S2.C2HF3O2/c1-3-9-20(10-4-2)14-6-5-12(11-13(14)17(21)22)19-26(23,24)16-8-7-15(18)25-16;3-2(4,5)1(6)7/h5-8,11,19H,3-4,9-10H2,1-2H3,(H,21,22);(H,6,7).